The second kappa shape index (κ2) is 7.07. The maximum atomic E-state index is 12.3. The predicted octanol–water partition coefficient (Wildman–Crippen LogP) is 4.49. The maximum Gasteiger partial charge on any atom is 0.139 e. The van der Waals surface area contributed by atoms with Crippen LogP contribution < -0.4 is 10.2 Å². The Hall–Kier alpha value is -3.08. The molecule has 0 radical (unpaired) electrons. The lowest BCUT2D eigenvalue weighted by atomic mass is 9.96. The molecular weight excluding hydrogens is 360 g/mol. The second-order valence-electron chi connectivity index (χ2n) is 8.28. The second-order valence-corrected chi connectivity index (χ2v) is 8.28. The van der Waals surface area contributed by atoms with Gasteiger partial charge in [0.25, 0.3) is 0 Å². The van der Waals surface area contributed by atoms with Crippen LogP contribution in [0, 0.1) is 0 Å². The first-order valence-corrected chi connectivity index (χ1v) is 10.4. The lowest BCUT2D eigenvalue weighted by molar-refractivity contribution is -0.118. The molecule has 0 spiro atoms. The molecule has 3 aromatic rings. The van der Waals surface area contributed by atoms with Crippen LogP contribution in [0.4, 0.5) is 17.1 Å². The Kier molecular flexibility index (Phi) is 4.38. The first kappa shape index (κ1) is 18.0. The van der Waals surface area contributed by atoms with Crippen LogP contribution in [0.25, 0.3) is 11.1 Å². The van der Waals surface area contributed by atoms with E-state index in [1.165, 1.54) is 22.5 Å². The Morgan fingerprint density at radius 3 is 2.83 bits per heavy atom. The van der Waals surface area contributed by atoms with Crippen LogP contribution in [0.5, 0.6) is 0 Å². The zero-order valence-electron chi connectivity index (χ0n) is 17.0. The summed E-state index contributed by atoms with van der Waals surface area (Å²) in [5.74, 6) is 0.307. The zero-order valence-corrected chi connectivity index (χ0v) is 17.0. The number of carbonyl (C=O) groups is 1. The Bertz CT molecular complexity index is 1080. The van der Waals surface area contributed by atoms with Crippen molar-refractivity contribution in [3.05, 3.63) is 59.9 Å². The third kappa shape index (κ3) is 3.31. The summed E-state index contributed by atoms with van der Waals surface area (Å²) in [6, 6.07) is 13.2. The Morgan fingerprint density at radius 2 is 2.00 bits per heavy atom. The van der Waals surface area contributed by atoms with Gasteiger partial charge in [-0.15, -0.1) is 0 Å². The molecule has 1 N–H and O–H groups in total. The van der Waals surface area contributed by atoms with Crippen molar-refractivity contribution in [2.45, 2.75) is 38.6 Å². The molecule has 5 nitrogen and oxygen atoms in total. The van der Waals surface area contributed by atoms with Crippen LogP contribution in [0.2, 0.25) is 0 Å². The highest BCUT2D eigenvalue weighted by molar-refractivity contribution is 5.89. The minimum absolute atomic E-state index is 0.155. The predicted molar refractivity (Wildman–Crippen MR) is 117 cm³/mol. The van der Waals surface area contributed by atoms with Gasteiger partial charge in [0.05, 0.1) is 17.6 Å². The van der Waals surface area contributed by atoms with E-state index in [9.17, 15) is 4.79 Å². The summed E-state index contributed by atoms with van der Waals surface area (Å²) in [7, 11) is 1.95. The van der Waals surface area contributed by atoms with Crippen molar-refractivity contribution in [1.29, 1.82) is 0 Å². The molecule has 0 amide bonds. The molecule has 29 heavy (non-hydrogen) atoms. The number of nitrogens with one attached hydrogen (secondary N) is 1. The fourth-order valence-electron chi connectivity index (χ4n) is 4.65. The Labute approximate surface area is 171 Å². The van der Waals surface area contributed by atoms with E-state index in [1.54, 1.807) is 0 Å². The van der Waals surface area contributed by atoms with Gasteiger partial charge in [-0.3, -0.25) is 9.48 Å². The maximum absolute atomic E-state index is 12.3. The number of para-hydroxylation sites is 1. The summed E-state index contributed by atoms with van der Waals surface area (Å²) >= 11 is 0. The molecule has 3 heterocycles. The quantitative estimate of drug-likeness (QED) is 0.705. The van der Waals surface area contributed by atoms with Crippen molar-refractivity contribution in [2.75, 3.05) is 16.8 Å². The van der Waals surface area contributed by atoms with Crippen LogP contribution in [0.15, 0.2) is 48.8 Å². The smallest absolute Gasteiger partial charge is 0.139 e. The van der Waals surface area contributed by atoms with Crippen molar-refractivity contribution in [1.82, 2.24) is 9.78 Å². The van der Waals surface area contributed by atoms with Crippen LogP contribution in [0.3, 0.4) is 0 Å². The van der Waals surface area contributed by atoms with Gasteiger partial charge in [0, 0.05) is 49.9 Å². The highest BCUT2D eigenvalue weighted by Crippen LogP contribution is 2.41. The highest BCUT2D eigenvalue weighted by Gasteiger charge is 2.25. The van der Waals surface area contributed by atoms with Crippen molar-refractivity contribution in [3.8, 4) is 11.1 Å². The molecule has 5 heteroatoms. The van der Waals surface area contributed by atoms with Crippen LogP contribution in [-0.4, -0.2) is 28.2 Å². The van der Waals surface area contributed by atoms with E-state index in [4.69, 9.17) is 0 Å². The minimum Gasteiger partial charge on any atom is -0.380 e. The number of Topliss-reactive ketones (excluding diaryl/α,β-unsaturated/α-hetero) is 1. The summed E-state index contributed by atoms with van der Waals surface area (Å²) < 4.78 is 1.84. The molecule has 2 aliphatic heterocycles. The highest BCUT2D eigenvalue weighted by atomic mass is 16.1. The third-order valence-electron chi connectivity index (χ3n) is 5.97. The van der Waals surface area contributed by atoms with E-state index in [2.05, 4.69) is 64.8 Å². The van der Waals surface area contributed by atoms with Crippen molar-refractivity contribution >= 4 is 22.8 Å². The van der Waals surface area contributed by atoms with Gasteiger partial charge in [-0.25, -0.2) is 0 Å². The molecule has 0 saturated carbocycles. The largest absolute Gasteiger partial charge is 0.380 e. The van der Waals surface area contributed by atoms with Gasteiger partial charge in [0.15, 0.2) is 0 Å². The van der Waals surface area contributed by atoms with Crippen LogP contribution in [-0.2, 0) is 24.7 Å². The van der Waals surface area contributed by atoms with Gasteiger partial charge in [0.2, 0.25) is 0 Å². The molecule has 0 fully saturated rings. The standard InChI is InChI=1S/C24H26N4O/c1-16-11-21(29)13-19-5-3-7-23(24(19)26-16)28-10-4-6-18-12-17(8-9-22(18)28)20-14-25-27(2)15-20/h3,5,7-9,12,14-16,26H,4,6,10-11,13H2,1-2H3/t16-/m1/s1. The fraction of sp³-hybridized carbons (Fsp3) is 0.333. The van der Waals surface area contributed by atoms with Gasteiger partial charge in [-0.1, -0.05) is 18.2 Å². The molecule has 148 valence electrons. The molecule has 1 atom stereocenters. The summed E-state index contributed by atoms with van der Waals surface area (Å²) in [6.45, 7) is 3.08. The number of rotatable bonds is 2. The zero-order chi connectivity index (χ0) is 20.0. The van der Waals surface area contributed by atoms with E-state index in [0.717, 1.165) is 36.2 Å². The van der Waals surface area contributed by atoms with Crippen molar-refractivity contribution in [2.24, 2.45) is 7.05 Å². The number of fused-ring (bicyclic) bond motifs is 2. The van der Waals surface area contributed by atoms with Crippen LogP contribution >= 0.6 is 0 Å². The van der Waals surface area contributed by atoms with Crippen molar-refractivity contribution in [3.63, 3.8) is 0 Å². The van der Waals surface area contributed by atoms with E-state index < -0.39 is 0 Å². The van der Waals surface area contributed by atoms with Gasteiger partial charge in [0.1, 0.15) is 5.78 Å². The monoisotopic (exact) mass is 386 g/mol. The lowest BCUT2D eigenvalue weighted by Gasteiger charge is -2.34. The summed E-state index contributed by atoms with van der Waals surface area (Å²) in [4.78, 5) is 14.7. The van der Waals surface area contributed by atoms with Gasteiger partial charge >= 0.3 is 0 Å². The molecule has 1 aromatic heterocycles. The number of aryl methyl sites for hydroxylation is 2. The number of nitrogens with zero attached hydrogens (tertiary/aromatic N) is 3. The molecule has 5 rings (SSSR count). The minimum atomic E-state index is 0.155. The number of hydrogen-bond acceptors (Lipinski definition) is 4. The molecule has 2 aliphatic rings. The molecule has 0 bridgehead atoms. The van der Waals surface area contributed by atoms with E-state index in [0.29, 0.717) is 18.6 Å². The van der Waals surface area contributed by atoms with Crippen LogP contribution in [0.1, 0.15) is 30.9 Å². The Balaban J connectivity index is 1.56. The molecule has 0 saturated heterocycles. The number of carbonyl (C=O) groups excluding carboxylic acids is 1. The molecular formula is C24H26N4O. The van der Waals surface area contributed by atoms with E-state index in [-0.39, 0.29) is 6.04 Å². The average Bonchev–Trinajstić information content (AvgIpc) is 3.08. The van der Waals surface area contributed by atoms with Crippen molar-refractivity contribution < 1.29 is 4.79 Å². The molecule has 2 aromatic carbocycles. The third-order valence-corrected chi connectivity index (χ3v) is 5.97. The first-order chi connectivity index (χ1) is 14.1. The lowest BCUT2D eigenvalue weighted by Crippen LogP contribution is -2.26. The summed E-state index contributed by atoms with van der Waals surface area (Å²) in [6.07, 6.45) is 7.27. The van der Waals surface area contributed by atoms with Gasteiger partial charge < -0.3 is 10.2 Å². The number of benzene rings is 2. The van der Waals surface area contributed by atoms with Gasteiger partial charge in [-0.05, 0) is 54.7 Å². The summed E-state index contributed by atoms with van der Waals surface area (Å²) in [5.41, 5.74) is 8.40. The first-order valence-electron chi connectivity index (χ1n) is 10.4. The SMILES string of the molecule is C[C@@H]1CC(=O)Cc2cccc(N3CCCc4cc(-c5cnn(C)c5)ccc43)c2N1. The number of aromatic nitrogens is 2. The summed E-state index contributed by atoms with van der Waals surface area (Å²) in [5, 5.41) is 7.92. The Morgan fingerprint density at radius 1 is 1.10 bits per heavy atom. The van der Waals surface area contributed by atoms with Gasteiger partial charge in [-0.2, -0.15) is 5.10 Å². The number of hydrogen-bond donors (Lipinski definition) is 1. The number of anilines is 3. The van der Waals surface area contributed by atoms with E-state index >= 15 is 0 Å². The van der Waals surface area contributed by atoms with E-state index in [1.807, 2.05) is 17.9 Å². The molecule has 0 aliphatic carbocycles. The molecule has 0 unspecified atom stereocenters. The number of ketones is 1. The average molecular weight is 386 g/mol. The topological polar surface area (TPSA) is 50.2 Å². The fourth-order valence-corrected chi connectivity index (χ4v) is 4.65. The normalized spacial score (nSPS) is 18.6.